The minimum Gasteiger partial charge on any atom is -0.267 e. The Morgan fingerprint density at radius 3 is 2.21 bits per heavy atom. The highest BCUT2D eigenvalue weighted by Crippen LogP contribution is 2.38. The molecule has 5 nitrogen and oxygen atoms in total. The molecule has 0 saturated heterocycles. The molecule has 0 aliphatic heterocycles. The zero-order valence-electron chi connectivity index (χ0n) is 12.7. The minimum atomic E-state index is -1.92. The van der Waals surface area contributed by atoms with Gasteiger partial charge in [-0.25, -0.2) is 4.79 Å². The molecular weight excluding hydrogens is 393 g/mol. The van der Waals surface area contributed by atoms with Crippen molar-refractivity contribution in [1.82, 2.24) is 8.54 Å². The highest BCUT2D eigenvalue weighted by molar-refractivity contribution is 8.03. The zero-order valence-corrected chi connectivity index (χ0v) is 15.7. The fraction of sp³-hybridized carbons (Fsp3) is 0.267. The molecule has 126 valence electrons. The quantitative estimate of drug-likeness (QED) is 0.729. The first-order valence-corrected chi connectivity index (χ1v) is 8.70. The topological polar surface area (TPSA) is 67.8 Å². The van der Waals surface area contributed by atoms with E-state index in [1.807, 2.05) is 26.0 Å². The molecule has 0 saturated carbocycles. The Morgan fingerprint density at radius 1 is 1.17 bits per heavy atom. The van der Waals surface area contributed by atoms with Gasteiger partial charge in [0.2, 0.25) is 0 Å². The van der Waals surface area contributed by atoms with E-state index >= 15 is 0 Å². The number of nitriles is 1. The van der Waals surface area contributed by atoms with E-state index in [0.29, 0.717) is 27.5 Å². The Hall–Kier alpha value is -1.39. The van der Waals surface area contributed by atoms with E-state index in [9.17, 15) is 9.59 Å². The third-order valence-electron chi connectivity index (χ3n) is 3.21. The fourth-order valence-corrected chi connectivity index (χ4v) is 3.17. The first kappa shape index (κ1) is 18.9. The van der Waals surface area contributed by atoms with Gasteiger partial charge in [0, 0.05) is 18.1 Å². The van der Waals surface area contributed by atoms with Crippen molar-refractivity contribution in [3.63, 3.8) is 0 Å². The van der Waals surface area contributed by atoms with Crippen molar-refractivity contribution < 1.29 is 0 Å². The minimum absolute atomic E-state index is 0.232. The number of alkyl halides is 3. The van der Waals surface area contributed by atoms with Crippen LogP contribution in [0.25, 0.3) is 5.69 Å². The lowest BCUT2D eigenvalue weighted by atomic mass is 10.0. The van der Waals surface area contributed by atoms with E-state index in [1.54, 1.807) is 18.2 Å². The van der Waals surface area contributed by atoms with Crippen LogP contribution in [0.3, 0.4) is 0 Å². The van der Waals surface area contributed by atoms with E-state index in [-0.39, 0.29) is 5.56 Å². The standard InChI is InChI=1S/C15H12Cl3N3O2S/c1-9(2)10-3-5-12(6-4-10)20-8-11(7-19)13(22)21(14(20)23)24-15(16,17)18/h3-6,8-9H,1-2H3. The summed E-state index contributed by atoms with van der Waals surface area (Å²) in [4.78, 5) is 24.7. The lowest BCUT2D eigenvalue weighted by Gasteiger charge is -2.14. The van der Waals surface area contributed by atoms with Crippen molar-refractivity contribution >= 4 is 46.8 Å². The van der Waals surface area contributed by atoms with E-state index in [1.165, 1.54) is 10.8 Å². The Labute approximate surface area is 157 Å². The molecule has 2 aromatic rings. The normalized spacial score (nSPS) is 11.5. The van der Waals surface area contributed by atoms with Crippen LogP contribution in [0.4, 0.5) is 0 Å². The van der Waals surface area contributed by atoms with Gasteiger partial charge in [0.1, 0.15) is 11.6 Å². The molecule has 24 heavy (non-hydrogen) atoms. The lowest BCUT2D eigenvalue weighted by Crippen LogP contribution is -2.38. The highest BCUT2D eigenvalue weighted by Gasteiger charge is 2.26. The Balaban J connectivity index is 2.67. The molecule has 1 aromatic heterocycles. The van der Waals surface area contributed by atoms with Gasteiger partial charge >= 0.3 is 5.69 Å². The molecule has 0 bridgehead atoms. The number of nitrogens with zero attached hydrogens (tertiary/aromatic N) is 3. The molecule has 0 N–H and O–H groups in total. The van der Waals surface area contributed by atoms with E-state index in [2.05, 4.69) is 0 Å². The molecule has 1 heterocycles. The molecule has 0 unspecified atom stereocenters. The largest absolute Gasteiger partial charge is 0.346 e. The maximum Gasteiger partial charge on any atom is 0.346 e. The van der Waals surface area contributed by atoms with Crippen LogP contribution in [0.1, 0.15) is 30.9 Å². The molecule has 0 spiro atoms. The average Bonchev–Trinajstić information content (AvgIpc) is 2.51. The van der Waals surface area contributed by atoms with Crippen LogP contribution < -0.4 is 11.2 Å². The summed E-state index contributed by atoms with van der Waals surface area (Å²) in [6, 6.07) is 8.95. The van der Waals surface area contributed by atoms with Crippen LogP contribution in [-0.4, -0.2) is 11.7 Å². The van der Waals surface area contributed by atoms with Gasteiger partial charge < -0.3 is 0 Å². The molecule has 0 atom stereocenters. The number of benzene rings is 1. The van der Waals surface area contributed by atoms with Crippen LogP contribution in [0.15, 0.2) is 40.1 Å². The first-order chi connectivity index (χ1) is 11.1. The second-order valence-electron chi connectivity index (χ2n) is 5.19. The monoisotopic (exact) mass is 403 g/mol. The smallest absolute Gasteiger partial charge is 0.267 e. The Kier molecular flexibility index (Phi) is 5.71. The Morgan fingerprint density at radius 2 is 1.75 bits per heavy atom. The van der Waals surface area contributed by atoms with E-state index in [4.69, 9.17) is 40.1 Å². The van der Waals surface area contributed by atoms with Crippen LogP contribution in [0.5, 0.6) is 0 Å². The molecule has 1 aromatic carbocycles. The number of aromatic nitrogens is 2. The summed E-state index contributed by atoms with van der Waals surface area (Å²) < 4.78 is -0.0776. The van der Waals surface area contributed by atoms with Gasteiger partial charge in [-0.05, 0) is 23.6 Å². The summed E-state index contributed by atoms with van der Waals surface area (Å²) in [6.45, 7) is 4.10. The highest BCUT2D eigenvalue weighted by atomic mass is 35.6. The third-order valence-corrected chi connectivity index (χ3v) is 4.54. The summed E-state index contributed by atoms with van der Waals surface area (Å²) in [6.07, 6.45) is 1.19. The summed E-state index contributed by atoms with van der Waals surface area (Å²) in [5.74, 6) is 0.333. The van der Waals surface area contributed by atoms with Gasteiger partial charge in [0.25, 0.3) is 8.68 Å². The number of hydrogen-bond acceptors (Lipinski definition) is 4. The zero-order chi connectivity index (χ0) is 18.1. The first-order valence-electron chi connectivity index (χ1n) is 6.79. The number of halogens is 3. The van der Waals surface area contributed by atoms with E-state index < -0.39 is 14.4 Å². The van der Waals surface area contributed by atoms with Gasteiger partial charge in [-0.3, -0.25) is 9.36 Å². The van der Waals surface area contributed by atoms with Gasteiger partial charge in [-0.15, -0.1) is 0 Å². The van der Waals surface area contributed by atoms with Crippen molar-refractivity contribution in [2.45, 2.75) is 22.9 Å². The lowest BCUT2D eigenvalue weighted by molar-refractivity contribution is 0.846. The number of rotatable bonds is 3. The summed E-state index contributed by atoms with van der Waals surface area (Å²) in [7, 11) is 0. The molecule has 9 heteroatoms. The van der Waals surface area contributed by atoms with Gasteiger partial charge in [-0.2, -0.15) is 9.23 Å². The van der Waals surface area contributed by atoms with Crippen LogP contribution in [0.2, 0.25) is 0 Å². The van der Waals surface area contributed by atoms with Crippen molar-refractivity contribution in [1.29, 1.82) is 5.26 Å². The van der Waals surface area contributed by atoms with Crippen molar-refractivity contribution in [2.75, 3.05) is 0 Å². The van der Waals surface area contributed by atoms with Crippen molar-refractivity contribution in [2.24, 2.45) is 0 Å². The second-order valence-corrected chi connectivity index (χ2v) is 9.30. The maximum atomic E-state index is 12.6. The number of hydrogen-bond donors (Lipinski definition) is 0. The molecule has 0 fully saturated rings. The summed E-state index contributed by atoms with van der Waals surface area (Å²) in [5, 5.41) is 9.13. The van der Waals surface area contributed by atoms with Crippen LogP contribution in [-0.2, 0) is 0 Å². The van der Waals surface area contributed by atoms with Crippen LogP contribution >= 0.6 is 46.8 Å². The van der Waals surface area contributed by atoms with Crippen molar-refractivity contribution in [3.8, 4) is 11.8 Å². The molecular formula is C15H12Cl3N3O2S. The molecule has 0 aliphatic rings. The second kappa shape index (κ2) is 7.24. The van der Waals surface area contributed by atoms with E-state index in [0.717, 1.165) is 5.56 Å². The Bertz CT molecular complexity index is 906. The van der Waals surface area contributed by atoms with Crippen molar-refractivity contribution in [3.05, 3.63) is 62.4 Å². The SMILES string of the molecule is CC(C)c1ccc(-n2cc(C#N)c(=O)n(SC(Cl)(Cl)Cl)c2=O)cc1. The molecule has 0 radical (unpaired) electrons. The maximum absolute atomic E-state index is 12.6. The molecule has 2 rings (SSSR count). The van der Waals surface area contributed by atoms with Crippen LogP contribution in [0, 0.1) is 11.3 Å². The molecule has 0 aliphatic carbocycles. The summed E-state index contributed by atoms with van der Waals surface area (Å²) in [5.41, 5.74) is -0.179. The van der Waals surface area contributed by atoms with Gasteiger partial charge in [0.15, 0.2) is 0 Å². The third kappa shape index (κ3) is 4.17. The average molecular weight is 405 g/mol. The predicted molar refractivity (Wildman–Crippen MR) is 98.4 cm³/mol. The van der Waals surface area contributed by atoms with Gasteiger partial charge in [-0.1, -0.05) is 60.8 Å². The van der Waals surface area contributed by atoms with Gasteiger partial charge in [0.05, 0.1) is 5.69 Å². The fourth-order valence-electron chi connectivity index (χ4n) is 2.00. The molecule has 0 amide bonds. The predicted octanol–water partition coefficient (Wildman–Crippen LogP) is 3.82. The summed E-state index contributed by atoms with van der Waals surface area (Å²) >= 11 is 17.4.